The number of carbonyl (C=O) groups is 3. The number of benzene rings is 2. The number of nitrogens with one attached hydrogen (secondary N) is 2. The average molecular weight is 665 g/mol. The maximum atomic E-state index is 13.1. The van der Waals surface area contributed by atoms with Crippen molar-refractivity contribution in [1.29, 1.82) is 0 Å². The first-order valence-corrected chi connectivity index (χ1v) is 15.1. The van der Waals surface area contributed by atoms with Crippen LogP contribution in [0.4, 0.5) is 18.9 Å². The standard InChI is InChI=1S/C30H33BrF3N5O4/c1-38-25-15-19(4-6-21(25)28(37-38)22-7-9-26(40)36-29(22)42)35-27(41)17-39-12-10-18(11-13-39)3-2-14-43-20-5-8-24(31)23(16-20)30(32,33)34/h4-6,8,15-16,18,22H,2-3,7,9-14,17H2,1H3,(H,35,41)(H,36,40,42). The number of amides is 3. The first-order chi connectivity index (χ1) is 20.5. The molecule has 0 spiro atoms. The number of alkyl halides is 3. The number of carbonyl (C=O) groups excluding carboxylic acids is 3. The molecule has 43 heavy (non-hydrogen) atoms. The van der Waals surface area contributed by atoms with Crippen LogP contribution in [0.5, 0.6) is 5.75 Å². The average Bonchev–Trinajstić information content (AvgIpc) is 3.27. The molecule has 1 unspecified atom stereocenters. The number of halogens is 4. The van der Waals surface area contributed by atoms with Gasteiger partial charge in [-0.15, -0.1) is 0 Å². The van der Waals surface area contributed by atoms with Crippen molar-refractivity contribution in [2.24, 2.45) is 13.0 Å². The number of hydrogen-bond donors (Lipinski definition) is 2. The SMILES string of the molecule is Cn1nc(C2CCC(=O)NC2=O)c2ccc(NC(=O)CN3CCC(CCCOc4ccc(Br)c(C(F)(F)F)c4)CC3)cc21. The Morgan fingerprint density at radius 1 is 1.14 bits per heavy atom. The van der Waals surface area contributed by atoms with Crippen molar-refractivity contribution >= 4 is 50.2 Å². The van der Waals surface area contributed by atoms with Gasteiger partial charge >= 0.3 is 6.18 Å². The fraction of sp³-hybridized carbons (Fsp3) is 0.467. The van der Waals surface area contributed by atoms with Gasteiger partial charge in [0.25, 0.3) is 0 Å². The Labute approximate surface area is 255 Å². The third-order valence-corrected chi connectivity index (χ3v) is 8.77. The minimum absolute atomic E-state index is 0.0112. The quantitative estimate of drug-likeness (QED) is 0.235. The number of ether oxygens (including phenoxy) is 1. The van der Waals surface area contributed by atoms with E-state index in [-0.39, 0.29) is 40.9 Å². The smallest absolute Gasteiger partial charge is 0.417 e. The van der Waals surface area contributed by atoms with Gasteiger partial charge in [-0.05, 0) is 87.5 Å². The highest BCUT2D eigenvalue weighted by molar-refractivity contribution is 9.10. The van der Waals surface area contributed by atoms with E-state index in [4.69, 9.17) is 4.74 Å². The fourth-order valence-corrected chi connectivity index (χ4v) is 6.26. The lowest BCUT2D eigenvalue weighted by Gasteiger charge is -2.31. The summed E-state index contributed by atoms with van der Waals surface area (Å²) in [5.74, 6) is -0.541. The predicted molar refractivity (Wildman–Crippen MR) is 158 cm³/mol. The summed E-state index contributed by atoms with van der Waals surface area (Å²) in [7, 11) is 1.78. The van der Waals surface area contributed by atoms with E-state index in [2.05, 4.69) is 36.6 Å². The Bertz CT molecular complexity index is 1520. The van der Waals surface area contributed by atoms with E-state index < -0.39 is 17.7 Å². The van der Waals surface area contributed by atoms with Gasteiger partial charge in [-0.1, -0.05) is 15.9 Å². The van der Waals surface area contributed by atoms with E-state index in [0.717, 1.165) is 55.7 Å². The molecule has 3 aromatic rings. The number of imide groups is 1. The number of hydrogen-bond acceptors (Lipinski definition) is 6. The summed E-state index contributed by atoms with van der Waals surface area (Å²) in [5.41, 5.74) is 1.29. The van der Waals surface area contributed by atoms with Crippen molar-refractivity contribution in [1.82, 2.24) is 20.0 Å². The molecule has 0 saturated carbocycles. The van der Waals surface area contributed by atoms with Crippen LogP contribution in [0.2, 0.25) is 0 Å². The molecule has 1 aromatic heterocycles. The molecule has 0 radical (unpaired) electrons. The van der Waals surface area contributed by atoms with E-state index in [0.29, 0.717) is 30.3 Å². The van der Waals surface area contributed by atoms with E-state index in [9.17, 15) is 27.6 Å². The molecule has 2 aliphatic heterocycles. The van der Waals surface area contributed by atoms with Gasteiger partial charge < -0.3 is 10.1 Å². The normalized spacial score (nSPS) is 18.6. The second-order valence-corrected chi connectivity index (χ2v) is 12.0. The summed E-state index contributed by atoms with van der Waals surface area (Å²) in [6.07, 6.45) is -0.229. The van der Waals surface area contributed by atoms with Gasteiger partial charge in [0.1, 0.15) is 5.75 Å². The molecule has 2 aliphatic rings. The number of fused-ring (bicyclic) bond motifs is 1. The maximum absolute atomic E-state index is 13.1. The van der Waals surface area contributed by atoms with Crippen LogP contribution >= 0.6 is 15.9 Å². The van der Waals surface area contributed by atoms with Crippen LogP contribution in [0.15, 0.2) is 40.9 Å². The van der Waals surface area contributed by atoms with Gasteiger partial charge in [-0.25, -0.2) is 0 Å². The summed E-state index contributed by atoms with van der Waals surface area (Å²) < 4.78 is 46.5. The molecule has 13 heteroatoms. The zero-order valence-corrected chi connectivity index (χ0v) is 25.3. The van der Waals surface area contributed by atoms with Gasteiger partial charge in [-0.3, -0.25) is 29.3 Å². The second kappa shape index (κ2) is 13.0. The van der Waals surface area contributed by atoms with Gasteiger partial charge in [0, 0.05) is 29.0 Å². The van der Waals surface area contributed by atoms with Crippen molar-refractivity contribution < 1.29 is 32.3 Å². The Balaban J connectivity index is 1.05. The third kappa shape index (κ3) is 7.56. The third-order valence-electron chi connectivity index (χ3n) is 8.08. The monoisotopic (exact) mass is 663 g/mol. The van der Waals surface area contributed by atoms with Crippen molar-refractivity contribution in [3.8, 4) is 5.75 Å². The Kier molecular flexibility index (Phi) is 9.40. The molecule has 2 N–H and O–H groups in total. The summed E-state index contributed by atoms with van der Waals surface area (Å²) in [4.78, 5) is 38.8. The zero-order valence-electron chi connectivity index (χ0n) is 23.7. The van der Waals surface area contributed by atoms with Crippen molar-refractivity contribution in [3.05, 3.63) is 52.1 Å². The van der Waals surface area contributed by atoms with Crippen LogP contribution in [-0.2, 0) is 27.6 Å². The molecule has 9 nitrogen and oxygen atoms in total. The number of aromatic nitrogens is 2. The molecule has 2 fully saturated rings. The van der Waals surface area contributed by atoms with Crippen LogP contribution in [0, 0.1) is 5.92 Å². The van der Waals surface area contributed by atoms with E-state index in [1.807, 2.05) is 12.1 Å². The van der Waals surface area contributed by atoms with Gasteiger partial charge in [-0.2, -0.15) is 18.3 Å². The number of nitrogens with zero attached hydrogens (tertiary/aromatic N) is 3. The van der Waals surface area contributed by atoms with Crippen molar-refractivity contribution in [3.63, 3.8) is 0 Å². The van der Waals surface area contributed by atoms with E-state index >= 15 is 0 Å². The van der Waals surface area contributed by atoms with Crippen molar-refractivity contribution in [2.75, 3.05) is 31.6 Å². The number of anilines is 1. The summed E-state index contributed by atoms with van der Waals surface area (Å²) >= 11 is 2.94. The van der Waals surface area contributed by atoms with E-state index in [1.54, 1.807) is 17.8 Å². The number of piperidine rings is 2. The molecule has 2 saturated heterocycles. The predicted octanol–water partition coefficient (Wildman–Crippen LogP) is 5.38. The molecule has 2 aromatic carbocycles. The first kappa shape index (κ1) is 31.0. The molecule has 230 valence electrons. The second-order valence-electron chi connectivity index (χ2n) is 11.1. The Morgan fingerprint density at radius 3 is 2.63 bits per heavy atom. The number of rotatable bonds is 9. The van der Waals surface area contributed by atoms with Crippen LogP contribution < -0.4 is 15.4 Å². The largest absolute Gasteiger partial charge is 0.494 e. The molecule has 5 rings (SSSR count). The summed E-state index contributed by atoms with van der Waals surface area (Å²) in [6.45, 7) is 2.19. The molecule has 3 amide bonds. The molecule has 1 atom stereocenters. The first-order valence-electron chi connectivity index (χ1n) is 14.3. The lowest BCUT2D eigenvalue weighted by atomic mass is 9.92. The lowest BCUT2D eigenvalue weighted by Crippen LogP contribution is -2.39. The van der Waals surface area contributed by atoms with Gasteiger partial charge in [0.05, 0.1) is 35.8 Å². The van der Waals surface area contributed by atoms with Crippen LogP contribution in [0.25, 0.3) is 10.9 Å². The van der Waals surface area contributed by atoms with Gasteiger partial charge in [0.15, 0.2) is 0 Å². The molecule has 3 heterocycles. The van der Waals surface area contributed by atoms with Gasteiger partial charge in [0.2, 0.25) is 17.7 Å². The van der Waals surface area contributed by atoms with Crippen LogP contribution in [-0.4, -0.2) is 58.6 Å². The zero-order chi connectivity index (χ0) is 30.7. The van der Waals surface area contributed by atoms with E-state index in [1.165, 1.54) is 12.1 Å². The topological polar surface area (TPSA) is 106 Å². The molecular weight excluding hydrogens is 631 g/mol. The van der Waals surface area contributed by atoms with Crippen molar-refractivity contribution in [2.45, 2.75) is 50.6 Å². The molecule has 0 bridgehead atoms. The minimum atomic E-state index is -4.45. The van der Waals surface area contributed by atoms with Crippen LogP contribution in [0.1, 0.15) is 55.7 Å². The number of aryl methyl sites for hydroxylation is 1. The highest BCUT2D eigenvalue weighted by Gasteiger charge is 2.34. The fourth-order valence-electron chi connectivity index (χ4n) is 5.79. The lowest BCUT2D eigenvalue weighted by molar-refractivity contribution is -0.138. The number of likely N-dealkylation sites (tertiary alicyclic amines) is 1. The summed E-state index contributed by atoms with van der Waals surface area (Å²) in [6, 6.07) is 9.36. The van der Waals surface area contributed by atoms with Crippen LogP contribution in [0.3, 0.4) is 0 Å². The Hall–Kier alpha value is -3.45. The highest BCUT2D eigenvalue weighted by atomic mass is 79.9. The highest BCUT2D eigenvalue weighted by Crippen LogP contribution is 2.37. The molecule has 0 aliphatic carbocycles. The maximum Gasteiger partial charge on any atom is 0.417 e. The summed E-state index contributed by atoms with van der Waals surface area (Å²) in [5, 5.41) is 10.7. The minimum Gasteiger partial charge on any atom is -0.494 e. The Morgan fingerprint density at radius 2 is 1.91 bits per heavy atom. The molecular formula is C30H33BrF3N5O4.